The molecule has 132 valence electrons. The molecule has 0 atom stereocenters. The van der Waals surface area contributed by atoms with Gasteiger partial charge >= 0.3 is 5.97 Å². The number of hydrogen-bond donors (Lipinski definition) is 3. The summed E-state index contributed by atoms with van der Waals surface area (Å²) in [6, 6.07) is 8.36. The molecule has 5 heteroatoms. The van der Waals surface area contributed by atoms with Crippen molar-refractivity contribution in [2.75, 3.05) is 5.73 Å². The van der Waals surface area contributed by atoms with Gasteiger partial charge in [-0.1, -0.05) is 57.0 Å². The molecule has 0 fully saturated rings. The van der Waals surface area contributed by atoms with Crippen LogP contribution in [-0.2, 0) is 12.8 Å². The third-order valence-corrected chi connectivity index (χ3v) is 4.20. The zero-order valence-corrected chi connectivity index (χ0v) is 14.5. The second-order valence-corrected chi connectivity index (χ2v) is 5.97. The minimum absolute atomic E-state index is 0.0885. The van der Waals surface area contributed by atoms with Crippen molar-refractivity contribution in [3.63, 3.8) is 0 Å². The topological polar surface area (TPSA) is 101 Å². The van der Waals surface area contributed by atoms with E-state index >= 15 is 0 Å². The fourth-order valence-electron chi connectivity index (χ4n) is 3.11. The van der Waals surface area contributed by atoms with Gasteiger partial charge in [-0.2, -0.15) is 0 Å². The summed E-state index contributed by atoms with van der Waals surface area (Å²) in [7, 11) is 0. The van der Waals surface area contributed by atoms with E-state index in [2.05, 4.69) is 0 Å². The van der Waals surface area contributed by atoms with Crippen molar-refractivity contribution in [3.8, 4) is 5.75 Å². The minimum atomic E-state index is -1.20. The predicted octanol–water partition coefficient (Wildman–Crippen LogP) is 3.81. The lowest BCUT2D eigenvalue weighted by molar-refractivity contribution is 0.0691. The van der Waals surface area contributed by atoms with Crippen molar-refractivity contribution in [1.82, 2.24) is 0 Å². The Morgan fingerprint density at radius 3 is 2.04 bits per heavy atom. The van der Waals surface area contributed by atoms with E-state index in [0.29, 0.717) is 36.0 Å². The molecule has 0 aliphatic heterocycles. The summed E-state index contributed by atoms with van der Waals surface area (Å²) in [6.45, 7) is 3.86. The molecule has 0 unspecified atom stereocenters. The van der Waals surface area contributed by atoms with Gasteiger partial charge in [-0.3, -0.25) is 4.79 Å². The predicted molar refractivity (Wildman–Crippen MR) is 97.3 cm³/mol. The average Bonchev–Trinajstić information content (AvgIpc) is 2.61. The first-order valence-corrected chi connectivity index (χ1v) is 8.43. The van der Waals surface area contributed by atoms with Gasteiger partial charge in [0, 0.05) is 11.1 Å². The van der Waals surface area contributed by atoms with Gasteiger partial charge in [-0.25, -0.2) is 4.79 Å². The number of aromatic hydroxyl groups is 1. The van der Waals surface area contributed by atoms with Gasteiger partial charge in [0.15, 0.2) is 5.78 Å². The van der Waals surface area contributed by atoms with Gasteiger partial charge < -0.3 is 15.9 Å². The first kappa shape index (κ1) is 18.5. The fourth-order valence-corrected chi connectivity index (χ4v) is 3.11. The molecule has 0 aliphatic carbocycles. The van der Waals surface area contributed by atoms with E-state index in [1.807, 2.05) is 13.8 Å². The van der Waals surface area contributed by atoms with Crippen LogP contribution in [-0.4, -0.2) is 22.0 Å². The number of nitrogens with two attached hydrogens (primary N) is 1. The molecule has 0 saturated carbocycles. The fraction of sp³-hybridized carbons (Fsp3) is 0.300. The molecule has 0 radical (unpaired) electrons. The normalized spacial score (nSPS) is 10.6. The van der Waals surface area contributed by atoms with Crippen LogP contribution in [0.25, 0.3) is 0 Å². The van der Waals surface area contributed by atoms with E-state index in [9.17, 15) is 19.8 Å². The Kier molecular flexibility index (Phi) is 5.80. The van der Waals surface area contributed by atoms with Gasteiger partial charge in [0.25, 0.3) is 0 Å². The molecule has 0 aromatic heterocycles. The summed E-state index contributed by atoms with van der Waals surface area (Å²) in [5.74, 6) is -1.87. The molecule has 2 rings (SSSR count). The quantitative estimate of drug-likeness (QED) is 0.404. The lowest BCUT2D eigenvalue weighted by Gasteiger charge is -2.20. The minimum Gasteiger partial charge on any atom is -0.505 e. The Morgan fingerprint density at radius 2 is 1.52 bits per heavy atom. The summed E-state index contributed by atoms with van der Waals surface area (Å²) in [6.07, 6.45) is 2.39. The number of benzene rings is 2. The number of carbonyl (C=O) groups is 2. The van der Waals surface area contributed by atoms with Crippen LogP contribution in [0.15, 0.2) is 30.3 Å². The molecule has 2 aromatic rings. The zero-order chi connectivity index (χ0) is 18.6. The van der Waals surface area contributed by atoms with E-state index in [1.54, 1.807) is 30.3 Å². The monoisotopic (exact) mass is 341 g/mol. The maximum atomic E-state index is 12.9. The number of aromatic carboxylic acids is 1. The molecule has 25 heavy (non-hydrogen) atoms. The van der Waals surface area contributed by atoms with E-state index in [1.165, 1.54) is 0 Å². The van der Waals surface area contributed by atoms with Crippen LogP contribution in [0.5, 0.6) is 5.75 Å². The Labute approximate surface area is 147 Å². The number of rotatable bonds is 7. The maximum absolute atomic E-state index is 12.9. The number of phenolic OH excluding ortho intramolecular Hbond substituents is 1. The molecule has 0 heterocycles. The second-order valence-electron chi connectivity index (χ2n) is 5.97. The lowest BCUT2D eigenvalue weighted by Crippen LogP contribution is -2.18. The first-order valence-electron chi connectivity index (χ1n) is 8.43. The van der Waals surface area contributed by atoms with Crippen molar-refractivity contribution < 1.29 is 19.8 Å². The summed E-state index contributed by atoms with van der Waals surface area (Å²) >= 11 is 0. The van der Waals surface area contributed by atoms with Crippen molar-refractivity contribution >= 4 is 17.4 Å². The number of carbonyl (C=O) groups excluding carboxylic acids is 1. The Bertz CT molecular complexity index is 797. The van der Waals surface area contributed by atoms with Gasteiger partial charge in [-0.05, 0) is 18.4 Å². The highest BCUT2D eigenvalue weighted by molar-refractivity contribution is 6.18. The third kappa shape index (κ3) is 3.50. The van der Waals surface area contributed by atoms with E-state index in [0.717, 1.165) is 6.42 Å². The molecule has 5 nitrogen and oxygen atoms in total. The lowest BCUT2D eigenvalue weighted by atomic mass is 9.86. The highest BCUT2D eigenvalue weighted by Crippen LogP contribution is 2.38. The van der Waals surface area contributed by atoms with Crippen LogP contribution in [0, 0.1) is 0 Å². The second kappa shape index (κ2) is 7.83. The van der Waals surface area contributed by atoms with E-state index in [4.69, 9.17) is 5.73 Å². The molecule has 4 N–H and O–H groups in total. The molecule has 0 spiro atoms. The van der Waals surface area contributed by atoms with Crippen molar-refractivity contribution in [2.45, 2.75) is 39.5 Å². The Balaban J connectivity index is 2.83. The van der Waals surface area contributed by atoms with Gasteiger partial charge in [0.2, 0.25) is 0 Å². The number of ketones is 1. The van der Waals surface area contributed by atoms with Crippen molar-refractivity contribution in [3.05, 3.63) is 58.1 Å². The number of carboxylic acids is 1. The number of anilines is 1. The highest BCUT2D eigenvalue weighted by atomic mass is 16.4. The smallest absolute Gasteiger partial charge is 0.336 e. The number of carboxylic acid groups (broad SMARTS) is 1. The Hall–Kier alpha value is -2.82. The van der Waals surface area contributed by atoms with Crippen LogP contribution >= 0.6 is 0 Å². The van der Waals surface area contributed by atoms with Crippen LogP contribution in [0.2, 0.25) is 0 Å². The number of nitrogen functional groups attached to an aromatic ring is 1. The third-order valence-electron chi connectivity index (χ3n) is 4.20. The summed E-state index contributed by atoms with van der Waals surface area (Å²) in [5.41, 5.74) is 7.02. The van der Waals surface area contributed by atoms with E-state index < -0.39 is 11.8 Å². The Morgan fingerprint density at radius 1 is 0.960 bits per heavy atom. The van der Waals surface area contributed by atoms with Gasteiger partial charge in [0.1, 0.15) is 5.75 Å². The summed E-state index contributed by atoms with van der Waals surface area (Å²) in [4.78, 5) is 24.9. The highest BCUT2D eigenvalue weighted by Gasteiger charge is 2.29. The van der Waals surface area contributed by atoms with E-state index in [-0.39, 0.29) is 22.6 Å². The average molecular weight is 341 g/mol. The molecule has 0 bridgehead atoms. The summed E-state index contributed by atoms with van der Waals surface area (Å²) in [5, 5.41) is 20.3. The SMILES string of the molecule is CCCc1c(O)c(N)c(C(=O)c2ccccc2)c(C(=O)O)c1CCC. The largest absolute Gasteiger partial charge is 0.505 e. The molecular weight excluding hydrogens is 318 g/mol. The molecule has 0 amide bonds. The van der Waals surface area contributed by atoms with Crippen LogP contribution in [0.4, 0.5) is 5.69 Å². The molecule has 0 saturated heterocycles. The van der Waals surface area contributed by atoms with Crippen molar-refractivity contribution in [2.24, 2.45) is 0 Å². The molecule has 2 aromatic carbocycles. The van der Waals surface area contributed by atoms with Crippen molar-refractivity contribution in [1.29, 1.82) is 0 Å². The van der Waals surface area contributed by atoms with Gasteiger partial charge in [0.05, 0.1) is 16.8 Å². The first-order chi connectivity index (χ1) is 11.9. The van der Waals surface area contributed by atoms with Crippen LogP contribution in [0.1, 0.15) is 64.1 Å². The van der Waals surface area contributed by atoms with Crippen LogP contribution in [0.3, 0.4) is 0 Å². The number of phenols is 1. The number of hydrogen-bond acceptors (Lipinski definition) is 4. The van der Waals surface area contributed by atoms with Crippen LogP contribution < -0.4 is 5.73 Å². The maximum Gasteiger partial charge on any atom is 0.336 e. The standard InChI is InChI=1S/C20H23NO4/c1-3-8-13-14(9-4-2)19(23)17(21)16(15(13)20(24)25)18(22)12-10-6-5-7-11-12/h5-7,10-11,23H,3-4,8-9,21H2,1-2H3,(H,24,25). The summed E-state index contributed by atoms with van der Waals surface area (Å²) < 4.78 is 0. The molecular formula is C20H23NO4. The molecule has 0 aliphatic rings. The van der Waals surface area contributed by atoms with Gasteiger partial charge in [-0.15, -0.1) is 0 Å². The zero-order valence-electron chi connectivity index (χ0n) is 14.5.